The van der Waals surface area contributed by atoms with E-state index in [9.17, 15) is 9.59 Å². The molecular formula is C11H18N2O3S. The third-order valence-electron chi connectivity index (χ3n) is 3.12. The first kappa shape index (κ1) is 13.9. The van der Waals surface area contributed by atoms with Crippen molar-refractivity contribution in [3.63, 3.8) is 0 Å². The first-order valence-electron chi connectivity index (χ1n) is 5.65. The van der Waals surface area contributed by atoms with E-state index in [1.807, 2.05) is 0 Å². The number of hydrogen-bond donors (Lipinski definition) is 2. The van der Waals surface area contributed by atoms with Gasteiger partial charge >= 0.3 is 5.97 Å². The molecule has 0 atom stereocenters. The standard InChI is InChI=1S/C11H18N2O3S/c1-8(15)16-6-9-2-4-11(7-14,5-3-9)13-10(12)17/h7,9H,2-6H2,1H3,(H3,12,13,17). The van der Waals surface area contributed by atoms with Gasteiger partial charge in [0.05, 0.1) is 12.1 Å². The lowest BCUT2D eigenvalue weighted by Gasteiger charge is -2.36. The van der Waals surface area contributed by atoms with Crippen LogP contribution < -0.4 is 11.1 Å². The van der Waals surface area contributed by atoms with Crippen molar-refractivity contribution in [2.75, 3.05) is 6.61 Å². The summed E-state index contributed by atoms with van der Waals surface area (Å²) in [6, 6.07) is 0. The third kappa shape index (κ3) is 4.30. The summed E-state index contributed by atoms with van der Waals surface area (Å²) in [5, 5.41) is 3.01. The maximum atomic E-state index is 11.1. The Labute approximate surface area is 106 Å². The van der Waals surface area contributed by atoms with Crippen LogP contribution >= 0.6 is 12.2 Å². The Morgan fingerprint density at radius 3 is 2.59 bits per heavy atom. The second kappa shape index (κ2) is 5.95. The van der Waals surface area contributed by atoms with Crippen LogP contribution in [0.3, 0.4) is 0 Å². The smallest absolute Gasteiger partial charge is 0.302 e. The number of nitrogens with two attached hydrogens (primary N) is 1. The van der Waals surface area contributed by atoms with Gasteiger partial charge in [0.15, 0.2) is 5.11 Å². The lowest BCUT2D eigenvalue weighted by molar-refractivity contribution is -0.143. The summed E-state index contributed by atoms with van der Waals surface area (Å²) < 4.78 is 4.97. The average molecular weight is 258 g/mol. The minimum Gasteiger partial charge on any atom is -0.466 e. The van der Waals surface area contributed by atoms with E-state index >= 15 is 0 Å². The number of esters is 1. The Morgan fingerprint density at radius 2 is 2.18 bits per heavy atom. The molecule has 0 bridgehead atoms. The van der Waals surface area contributed by atoms with E-state index < -0.39 is 5.54 Å². The Hall–Kier alpha value is -1.17. The van der Waals surface area contributed by atoms with Crippen molar-refractivity contribution in [1.29, 1.82) is 0 Å². The fourth-order valence-electron chi connectivity index (χ4n) is 2.11. The van der Waals surface area contributed by atoms with Gasteiger partial charge in [-0.25, -0.2) is 0 Å². The maximum Gasteiger partial charge on any atom is 0.302 e. The number of ether oxygens (including phenoxy) is 1. The average Bonchev–Trinajstić information content (AvgIpc) is 2.27. The Kier molecular flexibility index (Phi) is 4.86. The summed E-state index contributed by atoms with van der Waals surface area (Å²) in [7, 11) is 0. The summed E-state index contributed by atoms with van der Waals surface area (Å²) in [5.74, 6) is 0.0543. The molecule has 0 radical (unpaired) electrons. The van der Waals surface area contributed by atoms with Gasteiger partial charge in [-0.2, -0.15) is 0 Å². The van der Waals surface area contributed by atoms with Gasteiger partial charge in [0.2, 0.25) is 0 Å². The molecule has 0 heterocycles. The van der Waals surface area contributed by atoms with Crippen LogP contribution in [-0.2, 0) is 14.3 Å². The zero-order chi connectivity index (χ0) is 12.9. The normalized spacial score (nSPS) is 28.2. The second-order valence-corrected chi connectivity index (χ2v) is 4.95. The molecule has 0 spiro atoms. The van der Waals surface area contributed by atoms with Crippen LogP contribution in [0.2, 0.25) is 0 Å². The van der Waals surface area contributed by atoms with E-state index in [1.54, 1.807) is 0 Å². The Balaban J connectivity index is 2.44. The predicted octanol–water partition coefficient (Wildman–Crippen LogP) is 0.511. The molecule has 0 unspecified atom stereocenters. The molecule has 17 heavy (non-hydrogen) atoms. The van der Waals surface area contributed by atoms with Crippen LogP contribution in [0, 0.1) is 5.92 Å². The SMILES string of the molecule is CC(=O)OCC1CCC(C=O)(NC(N)=S)CC1. The fourth-order valence-corrected chi connectivity index (χ4v) is 2.32. The molecule has 0 amide bonds. The van der Waals surface area contributed by atoms with Gasteiger partial charge in [0, 0.05) is 6.92 Å². The van der Waals surface area contributed by atoms with Crippen LogP contribution in [-0.4, -0.2) is 29.5 Å². The number of carbonyl (C=O) groups is 2. The molecule has 0 aromatic rings. The van der Waals surface area contributed by atoms with Crippen molar-refractivity contribution >= 4 is 29.6 Å². The van der Waals surface area contributed by atoms with Crippen molar-refractivity contribution in [2.24, 2.45) is 11.7 Å². The molecule has 1 saturated carbocycles. The molecule has 0 saturated heterocycles. The van der Waals surface area contributed by atoms with Crippen LogP contribution in [0.15, 0.2) is 0 Å². The number of hydrogen-bond acceptors (Lipinski definition) is 4. The summed E-state index contributed by atoms with van der Waals surface area (Å²) in [6.45, 7) is 1.82. The Morgan fingerprint density at radius 1 is 1.59 bits per heavy atom. The van der Waals surface area contributed by atoms with E-state index in [0.717, 1.165) is 19.1 Å². The maximum absolute atomic E-state index is 11.1. The molecule has 0 aliphatic heterocycles. The van der Waals surface area contributed by atoms with E-state index in [-0.39, 0.29) is 11.1 Å². The van der Waals surface area contributed by atoms with Crippen LogP contribution in [0.1, 0.15) is 32.6 Å². The topological polar surface area (TPSA) is 81.4 Å². The highest BCUT2D eigenvalue weighted by molar-refractivity contribution is 7.80. The number of thiocarbonyl (C=S) groups is 1. The first-order valence-corrected chi connectivity index (χ1v) is 6.05. The number of nitrogens with one attached hydrogen (secondary N) is 1. The first-order chi connectivity index (χ1) is 7.97. The van der Waals surface area contributed by atoms with Crippen molar-refractivity contribution in [3.05, 3.63) is 0 Å². The lowest BCUT2D eigenvalue weighted by Crippen LogP contribution is -2.53. The molecule has 1 aliphatic rings. The van der Waals surface area contributed by atoms with Crippen LogP contribution in [0.5, 0.6) is 0 Å². The number of carbonyl (C=O) groups excluding carboxylic acids is 2. The van der Waals surface area contributed by atoms with Gasteiger partial charge in [-0.15, -0.1) is 0 Å². The van der Waals surface area contributed by atoms with E-state index in [2.05, 4.69) is 5.32 Å². The van der Waals surface area contributed by atoms with Crippen LogP contribution in [0.4, 0.5) is 0 Å². The van der Waals surface area contributed by atoms with Crippen LogP contribution in [0.25, 0.3) is 0 Å². The zero-order valence-corrected chi connectivity index (χ0v) is 10.7. The van der Waals surface area contributed by atoms with Gasteiger partial charge in [0.25, 0.3) is 0 Å². The molecule has 6 heteroatoms. The lowest BCUT2D eigenvalue weighted by atomic mass is 9.77. The minimum absolute atomic E-state index is 0.149. The molecule has 1 aliphatic carbocycles. The van der Waals surface area contributed by atoms with Gasteiger partial charge in [-0.1, -0.05) is 0 Å². The van der Waals surface area contributed by atoms with Gasteiger partial charge in [-0.3, -0.25) is 4.79 Å². The van der Waals surface area contributed by atoms with Crippen molar-refractivity contribution in [1.82, 2.24) is 5.32 Å². The van der Waals surface area contributed by atoms with Gasteiger partial charge in [0.1, 0.15) is 6.29 Å². The molecule has 0 aromatic heterocycles. The monoisotopic (exact) mass is 258 g/mol. The molecular weight excluding hydrogens is 240 g/mol. The Bertz CT molecular complexity index is 312. The molecule has 1 fully saturated rings. The molecule has 5 nitrogen and oxygen atoms in total. The summed E-state index contributed by atoms with van der Waals surface area (Å²) in [6.07, 6.45) is 3.86. The number of rotatable bonds is 4. The summed E-state index contributed by atoms with van der Waals surface area (Å²) in [5.41, 5.74) is 4.78. The molecule has 3 N–H and O–H groups in total. The van der Waals surface area contributed by atoms with Crippen molar-refractivity contribution in [2.45, 2.75) is 38.1 Å². The largest absolute Gasteiger partial charge is 0.466 e. The van der Waals surface area contributed by atoms with E-state index in [1.165, 1.54) is 6.92 Å². The second-order valence-electron chi connectivity index (χ2n) is 4.51. The van der Waals surface area contributed by atoms with Crippen molar-refractivity contribution < 1.29 is 14.3 Å². The zero-order valence-electron chi connectivity index (χ0n) is 9.90. The van der Waals surface area contributed by atoms with Gasteiger partial charge < -0.3 is 20.6 Å². The van der Waals surface area contributed by atoms with Gasteiger partial charge in [-0.05, 0) is 43.8 Å². The predicted molar refractivity (Wildman–Crippen MR) is 67.3 cm³/mol. The highest BCUT2D eigenvalue weighted by Gasteiger charge is 2.35. The fraction of sp³-hybridized carbons (Fsp3) is 0.727. The quantitative estimate of drug-likeness (QED) is 0.434. The highest BCUT2D eigenvalue weighted by Crippen LogP contribution is 2.31. The molecule has 0 aromatic carbocycles. The molecule has 1 rings (SSSR count). The summed E-state index contributed by atoms with van der Waals surface area (Å²) in [4.78, 5) is 21.8. The minimum atomic E-state index is -0.626. The highest BCUT2D eigenvalue weighted by atomic mass is 32.1. The summed E-state index contributed by atoms with van der Waals surface area (Å²) >= 11 is 4.77. The van der Waals surface area contributed by atoms with E-state index in [0.29, 0.717) is 25.4 Å². The van der Waals surface area contributed by atoms with Crippen molar-refractivity contribution in [3.8, 4) is 0 Å². The van der Waals surface area contributed by atoms with E-state index in [4.69, 9.17) is 22.7 Å². The molecule has 96 valence electrons. The third-order valence-corrected chi connectivity index (χ3v) is 3.22. The number of aldehydes is 1.